The SMILES string of the molecule is Cc1c(COc2ccc(C=C(C#N)C(=O)NC(C)C(=O)O)cc2Cl)cccc1-c1ccccc1. The Kier molecular flexibility index (Phi) is 8.07. The van der Waals surface area contributed by atoms with E-state index < -0.39 is 17.9 Å². The zero-order chi connectivity index (χ0) is 24.7. The third-order valence-electron chi connectivity index (χ3n) is 5.26. The van der Waals surface area contributed by atoms with Crippen molar-refractivity contribution >= 4 is 29.6 Å². The number of carbonyl (C=O) groups is 2. The minimum Gasteiger partial charge on any atom is -0.487 e. The van der Waals surface area contributed by atoms with Crippen molar-refractivity contribution in [2.24, 2.45) is 0 Å². The van der Waals surface area contributed by atoms with Crippen LogP contribution in [0.25, 0.3) is 17.2 Å². The predicted molar refractivity (Wildman–Crippen MR) is 131 cm³/mol. The zero-order valence-corrected chi connectivity index (χ0v) is 19.5. The molecule has 0 aliphatic carbocycles. The highest BCUT2D eigenvalue weighted by atomic mass is 35.5. The molecule has 1 unspecified atom stereocenters. The number of carbonyl (C=O) groups excluding carboxylic acids is 1. The maximum Gasteiger partial charge on any atom is 0.325 e. The maximum absolute atomic E-state index is 12.1. The summed E-state index contributed by atoms with van der Waals surface area (Å²) in [6.45, 7) is 3.69. The van der Waals surface area contributed by atoms with Crippen LogP contribution in [-0.4, -0.2) is 23.0 Å². The molecule has 172 valence electrons. The molecule has 0 aliphatic heterocycles. The number of rotatable bonds is 8. The van der Waals surface area contributed by atoms with Crippen molar-refractivity contribution in [3.8, 4) is 22.9 Å². The summed E-state index contributed by atoms with van der Waals surface area (Å²) >= 11 is 6.38. The Morgan fingerprint density at radius 3 is 2.53 bits per heavy atom. The molecule has 34 heavy (non-hydrogen) atoms. The van der Waals surface area contributed by atoms with Crippen LogP contribution < -0.4 is 10.1 Å². The van der Waals surface area contributed by atoms with E-state index in [0.29, 0.717) is 22.9 Å². The Morgan fingerprint density at radius 2 is 1.88 bits per heavy atom. The molecule has 3 aromatic carbocycles. The van der Waals surface area contributed by atoms with E-state index in [0.717, 1.165) is 22.3 Å². The van der Waals surface area contributed by atoms with Crippen LogP contribution in [0.2, 0.25) is 5.02 Å². The highest BCUT2D eigenvalue weighted by molar-refractivity contribution is 6.32. The summed E-state index contributed by atoms with van der Waals surface area (Å²) in [5.74, 6) is -1.51. The summed E-state index contributed by atoms with van der Waals surface area (Å²) in [6, 6.07) is 21.7. The lowest BCUT2D eigenvalue weighted by atomic mass is 9.97. The molecule has 0 fully saturated rings. The largest absolute Gasteiger partial charge is 0.487 e. The van der Waals surface area contributed by atoms with Gasteiger partial charge >= 0.3 is 5.97 Å². The molecule has 2 N–H and O–H groups in total. The molecule has 3 rings (SSSR count). The van der Waals surface area contributed by atoms with Crippen molar-refractivity contribution in [1.29, 1.82) is 5.26 Å². The Labute approximate surface area is 203 Å². The maximum atomic E-state index is 12.1. The van der Waals surface area contributed by atoms with Gasteiger partial charge in [-0.3, -0.25) is 9.59 Å². The number of benzene rings is 3. The van der Waals surface area contributed by atoms with E-state index in [4.69, 9.17) is 21.4 Å². The van der Waals surface area contributed by atoms with Gasteiger partial charge in [0.1, 0.15) is 30.0 Å². The fraction of sp³-hybridized carbons (Fsp3) is 0.148. The fourth-order valence-corrected chi connectivity index (χ4v) is 3.54. The normalized spacial score (nSPS) is 11.9. The van der Waals surface area contributed by atoms with Gasteiger partial charge in [-0.15, -0.1) is 0 Å². The van der Waals surface area contributed by atoms with Crippen LogP contribution >= 0.6 is 11.6 Å². The lowest BCUT2D eigenvalue weighted by Gasteiger charge is -2.14. The number of hydrogen-bond donors (Lipinski definition) is 2. The van der Waals surface area contributed by atoms with Crippen LogP contribution in [0.3, 0.4) is 0 Å². The number of nitrogens with zero attached hydrogens (tertiary/aromatic N) is 1. The molecule has 1 atom stereocenters. The average molecular weight is 475 g/mol. The van der Waals surface area contributed by atoms with Crippen molar-refractivity contribution in [2.45, 2.75) is 26.5 Å². The Balaban J connectivity index is 1.74. The minimum absolute atomic E-state index is 0.230. The van der Waals surface area contributed by atoms with Gasteiger partial charge in [0.05, 0.1) is 5.02 Å². The number of halogens is 1. The Morgan fingerprint density at radius 1 is 1.15 bits per heavy atom. The van der Waals surface area contributed by atoms with E-state index in [1.807, 2.05) is 30.3 Å². The van der Waals surface area contributed by atoms with Crippen LogP contribution in [0.15, 0.2) is 72.3 Å². The van der Waals surface area contributed by atoms with E-state index in [1.54, 1.807) is 24.3 Å². The number of amides is 1. The second-order valence-corrected chi connectivity index (χ2v) is 8.04. The van der Waals surface area contributed by atoms with Crippen LogP contribution in [0.4, 0.5) is 0 Å². The van der Waals surface area contributed by atoms with Crippen LogP contribution in [0.5, 0.6) is 5.75 Å². The number of nitriles is 1. The molecule has 7 heteroatoms. The van der Waals surface area contributed by atoms with E-state index in [-0.39, 0.29) is 5.57 Å². The lowest BCUT2D eigenvalue weighted by Crippen LogP contribution is -2.38. The van der Waals surface area contributed by atoms with Crippen LogP contribution in [0, 0.1) is 18.3 Å². The van der Waals surface area contributed by atoms with Crippen molar-refractivity contribution < 1.29 is 19.4 Å². The number of nitrogens with one attached hydrogen (secondary N) is 1. The average Bonchev–Trinajstić information content (AvgIpc) is 2.83. The smallest absolute Gasteiger partial charge is 0.325 e. The van der Waals surface area contributed by atoms with Gasteiger partial charge in [0, 0.05) is 0 Å². The molecule has 0 radical (unpaired) electrons. The van der Waals surface area contributed by atoms with E-state index in [9.17, 15) is 14.9 Å². The summed E-state index contributed by atoms with van der Waals surface area (Å²) in [7, 11) is 0. The van der Waals surface area contributed by atoms with Gasteiger partial charge in [-0.25, -0.2) is 0 Å². The summed E-state index contributed by atoms with van der Waals surface area (Å²) in [5, 5.41) is 20.8. The molecule has 0 saturated heterocycles. The number of aliphatic carboxylic acids is 1. The molecule has 0 heterocycles. The molecule has 0 spiro atoms. The van der Waals surface area contributed by atoms with E-state index >= 15 is 0 Å². The first-order chi connectivity index (χ1) is 16.3. The standard InChI is InChI=1S/C27H23ClN2O4/c1-17-21(9-6-10-23(17)20-7-4-3-5-8-20)16-34-25-12-11-19(14-24(25)28)13-22(15-29)26(31)30-18(2)27(32)33/h3-14,18H,16H2,1-2H3,(H,30,31)(H,32,33). The molecule has 0 saturated carbocycles. The monoisotopic (exact) mass is 474 g/mol. The second-order valence-electron chi connectivity index (χ2n) is 7.64. The van der Waals surface area contributed by atoms with Crippen molar-refractivity contribution in [1.82, 2.24) is 5.32 Å². The fourth-order valence-electron chi connectivity index (χ4n) is 3.30. The molecular weight excluding hydrogens is 452 g/mol. The van der Waals surface area contributed by atoms with Gasteiger partial charge in [-0.05, 0) is 59.9 Å². The van der Waals surface area contributed by atoms with Crippen molar-refractivity contribution in [3.05, 3.63) is 94.0 Å². The predicted octanol–water partition coefficient (Wildman–Crippen LogP) is 5.39. The first-order valence-electron chi connectivity index (χ1n) is 10.5. The third kappa shape index (κ3) is 6.03. The summed E-state index contributed by atoms with van der Waals surface area (Å²) in [5.41, 5.74) is 4.68. The number of hydrogen-bond acceptors (Lipinski definition) is 4. The summed E-state index contributed by atoms with van der Waals surface area (Å²) in [6.07, 6.45) is 1.34. The van der Waals surface area contributed by atoms with E-state index in [2.05, 4.69) is 30.4 Å². The molecule has 1 amide bonds. The van der Waals surface area contributed by atoms with Gasteiger partial charge in [0.2, 0.25) is 0 Å². The van der Waals surface area contributed by atoms with Crippen molar-refractivity contribution in [3.63, 3.8) is 0 Å². The van der Waals surface area contributed by atoms with Gasteiger partial charge in [-0.1, -0.05) is 66.2 Å². The minimum atomic E-state index is -1.19. The Hall–Kier alpha value is -4.08. The van der Waals surface area contributed by atoms with E-state index in [1.165, 1.54) is 13.0 Å². The van der Waals surface area contributed by atoms with Crippen LogP contribution in [-0.2, 0) is 16.2 Å². The van der Waals surface area contributed by atoms with Gasteiger partial charge in [-0.2, -0.15) is 5.26 Å². The Bertz CT molecular complexity index is 1280. The van der Waals surface area contributed by atoms with Crippen molar-refractivity contribution in [2.75, 3.05) is 0 Å². The third-order valence-corrected chi connectivity index (χ3v) is 5.56. The first kappa shape index (κ1) is 24.6. The van der Waals surface area contributed by atoms with Gasteiger partial charge < -0.3 is 15.2 Å². The topological polar surface area (TPSA) is 99.4 Å². The molecule has 0 bridgehead atoms. The number of carboxylic acid groups (broad SMARTS) is 1. The highest BCUT2D eigenvalue weighted by Gasteiger charge is 2.17. The first-order valence-corrected chi connectivity index (χ1v) is 10.9. The van der Waals surface area contributed by atoms with Gasteiger partial charge in [0.15, 0.2) is 0 Å². The molecule has 3 aromatic rings. The van der Waals surface area contributed by atoms with Crippen LogP contribution in [0.1, 0.15) is 23.6 Å². The second kappa shape index (κ2) is 11.2. The quantitative estimate of drug-likeness (QED) is 0.337. The molecule has 6 nitrogen and oxygen atoms in total. The van der Waals surface area contributed by atoms with Gasteiger partial charge in [0.25, 0.3) is 5.91 Å². The number of carboxylic acids is 1. The number of ether oxygens (including phenoxy) is 1. The highest BCUT2D eigenvalue weighted by Crippen LogP contribution is 2.29. The zero-order valence-electron chi connectivity index (χ0n) is 18.7. The summed E-state index contributed by atoms with van der Waals surface area (Å²) in [4.78, 5) is 23.1. The summed E-state index contributed by atoms with van der Waals surface area (Å²) < 4.78 is 5.95. The molecular formula is C27H23ClN2O4. The lowest BCUT2D eigenvalue weighted by molar-refractivity contribution is -0.140. The molecule has 0 aromatic heterocycles. The molecule has 0 aliphatic rings.